The van der Waals surface area contributed by atoms with E-state index in [1.165, 1.54) is 16.4 Å². The van der Waals surface area contributed by atoms with Crippen LogP contribution in [0.1, 0.15) is 11.1 Å². The zero-order valence-electron chi connectivity index (χ0n) is 16.0. The Morgan fingerprint density at radius 1 is 0.933 bits per heavy atom. The minimum Gasteiger partial charge on any atom is -0.351 e. The van der Waals surface area contributed by atoms with Crippen LogP contribution in [0.4, 0.5) is 0 Å². The van der Waals surface area contributed by atoms with Gasteiger partial charge in [-0.05, 0) is 41.5 Å². The van der Waals surface area contributed by atoms with Crippen LogP contribution >= 0.6 is 27.5 Å². The summed E-state index contributed by atoms with van der Waals surface area (Å²) in [7, 11) is -3.86. The molecular formula is C22H20BrClN2O3S. The lowest BCUT2D eigenvalue weighted by atomic mass is 10.2. The van der Waals surface area contributed by atoms with Crippen LogP contribution in [0, 0.1) is 0 Å². The second-order valence-corrected chi connectivity index (χ2v) is 9.84. The SMILES string of the molecule is O=C(CN(Cc1ccc(Br)cc1)S(=O)(=O)c1ccccc1)NCc1ccccc1Cl. The standard InChI is InChI=1S/C22H20BrClN2O3S/c23-19-12-10-17(11-13-19)15-26(30(28,29)20-7-2-1-3-8-20)16-22(27)25-14-18-6-4-5-9-21(18)24/h1-13H,14-16H2,(H,25,27). The highest BCUT2D eigenvalue weighted by Crippen LogP contribution is 2.20. The molecule has 5 nitrogen and oxygen atoms in total. The summed E-state index contributed by atoms with van der Waals surface area (Å²) in [6.07, 6.45) is 0. The molecular weight excluding hydrogens is 488 g/mol. The largest absolute Gasteiger partial charge is 0.351 e. The number of rotatable bonds is 8. The van der Waals surface area contributed by atoms with E-state index in [1.54, 1.807) is 30.3 Å². The lowest BCUT2D eigenvalue weighted by Crippen LogP contribution is -2.40. The quantitative estimate of drug-likeness (QED) is 0.484. The molecule has 0 aliphatic rings. The first kappa shape index (κ1) is 22.5. The summed E-state index contributed by atoms with van der Waals surface area (Å²) in [5, 5.41) is 3.29. The molecule has 156 valence electrons. The zero-order valence-corrected chi connectivity index (χ0v) is 19.1. The van der Waals surface area contributed by atoms with Crippen LogP contribution in [0.2, 0.25) is 5.02 Å². The molecule has 0 unspecified atom stereocenters. The monoisotopic (exact) mass is 506 g/mol. The van der Waals surface area contributed by atoms with Crippen LogP contribution in [0.25, 0.3) is 0 Å². The minimum atomic E-state index is -3.86. The van der Waals surface area contributed by atoms with E-state index in [2.05, 4.69) is 21.2 Å². The van der Waals surface area contributed by atoms with Crippen molar-refractivity contribution in [2.45, 2.75) is 18.0 Å². The van der Waals surface area contributed by atoms with E-state index in [1.807, 2.05) is 36.4 Å². The molecule has 0 heterocycles. The van der Waals surface area contributed by atoms with Gasteiger partial charge in [-0.2, -0.15) is 4.31 Å². The molecule has 0 fully saturated rings. The Morgan fingerprint density at radius 3 is 2.23 bits per heavy atom. The topological polar surface area (TPSA) is 66.5 Å². The highest BCUT2D eigenvalue weighted by atomic mass is 79.9. The normalized spacial score (nSPS) is 11.4. The molecule has 30 heavy (non-hydrogen) atoms. The van der Waals surface area contributed by atoms with Crippen LogP contribution in [0.15, 0.2) is 88.2 Å². The van der Waals surface area contributed by atoms with Gasteiger partial charge in [0, 0.05) is 22.6 Å². The lowest BCUT2D eigenvalue weighted by Gasteiger charge is -2.22. The van der Waals surface area contributed by atoms with Gasteiger partial charge >= 0.3 is 0 Å². The van der Waals surface area contributed by atoms with Crippen LogP contribution in [-0.2, 0) is 27.9 Å². The van der Waals surface area contributed by atoms with Gasteiger partial charge in [-0.1, -0.05) is 76.1 Å². The molecule has 3 rings (SSSR count). The Morgan fingerprint density at radius 2 is 1.57 bits per heavy atom. The third-order valence-electron chi connectivity index (χ3n) is 4.41. The summed E-state index contributed by atoms with van der Waals surface area (Å²) in [6, 6.07) is 22.6. The van der Waals surface area contributed by atoms with E-state index in [0.29, 0.717) is 5.02 Å². The molecule has 0 aliphatic carbocycles. The fourth-order valence-electron chi connectivity index (χ4n) is 2.81. The Kier molecular flexibility index (Phi) is 7.66. The second kappa shape index (κ2) is 10.2. The molecule has 0 spiro atoms. The van der Waals surface area contributed by atoms with Crippen LogP contribution in [0.3, 0.4) is 0 Å². The minimum absolute atomic E-state index is 0.0734. The molecule has 0 aromatic heterocycles. The number of benzene rings is 3. The Bertz CT molecular complexity index is 1110. The average Bonchev–Trinajstić information content (AvgIpc) is 2.75. The first-order valence-corrected chi connectivity index (χ1v) is 11.8. The molecule has 0 saturated carbocycles. The van der Waals surface area contributed by atoms with Gasteiger partial charge in [-0.15, -0.1) is 0 Å². The van der Waals surface area contributed by atoms with E-state index >= 15 is 0 Å². The number of hydrogen-bond donors (Lipinski definition) is 1. The third kappa shape index (κ3) is 5.92. The van der Waals surface area contributed by atoms with Gasteiger partial charge in [-0.3, -0.25) is 4.79 Å². The van der Waals surface area contributed by atoms with Crippen molar-refractivity contribution in [3.63, 3.8) is 0 Å². The van der Waals surface area contributed by atoms with Gasteiger partial charge in [-0.25, -0.2) is 8.42 Å². The summed E-state index contributed by atoms with van der Waals surface area (Å²) in [5.74, 6) is -0.411. The Labute approximate surface area is 189 Å². The highest BCUT2D eigenvalue weighted by Gasteiger charge is 2.26. The molecule has 3 aromatic carbocycles. The number of hydrogen-bond acceptors (Lipinski definition) is 3. The second-order valence-electron chi connectivity index (χ2n) is 6.58. The zero-order chi connectivity index (χ0) is 21.6. The van der Waals surface area contributed by atoms with Crippen molar-refractivity contribution in [1.29, 1.82) is 0 Å². The van der Waals surface area contributed by atoms with Gasteiger partial charge in [0.15, 0.2) is 0 Å². The van der Waals surface area contributed by atoms with Gasteiger partial charge in [0.1, 0.15) is 0 Å². The van der Waals surface area contributed by atoms with E-state index in [9.17, 15) is 13.2 Å². The third-order valence-corrected chi connectivity index (χ3v) is 7.11. The van der Waals surface area contributed by atoms with Gasteiger partial charge in [0.05, 0.1) is 11.4 Å². The fraction of sp³-hybridized carbons (Fsp3) is 0.136. The smallest absolute Gasteiger partial charge is 0.243 e. The van der Waals surface area contributed by atoms with Crippen molar-refractivity contribution in [2.75, 3.05) is 6.54 Å². The number of halogens is 2. The first-order valence-electron chi connectivity index (χ1n) is 9.16. The van der Waals surface area contributed by atoms with Crippen molar-refractivity contribution >= 4 is 43.5 Å². The highest BCUT2D eigenvalue weighted by molar-refractivity contribution is 9.10. The maximum Gasteiger partial charge on any atom is 0.243 e. The molecule has 0 radical (unpaired) electrons. The van der Waals surface area contributed by atoms with Crippen LogP contribution in [-0.4, -0.2) is 25.2 Å². The summed E-state index contributed by atoms with van der Waals surface area (Å²) >= 11 is 9.49. The van der Waals surface area contributed by atoms with E-state index < -0.39 is 15.9 Å². The molecule has 1 amide bonds. The Hall–Kier alpha value is -2.19. The number of carbonyl (C=O) groups excluding carboxylic acids is 1. The van der Waals surface area contributed by atoms with E-state index in [4.69, 9.17) is 11.6 Å². The van der Waals surface area contributed by atoms with Gasteiger partial charge < -0.3 is 5.32 Å². The fourth-order valence-corrected chi connectivity index (χ4v) is 4.68. The van der Waals surface area contributed by atoms with Crippen molar-refractivity contribution in [1.82, 2.24) is 9.62 Å². The van der Waals surface area contributed by atoms with Crippen molar-refractivity contribution < 1.29 is 13.2 Å². The number of sulfonamides is 1. The van der Waals surface area contributed by atoms with Gasteiger partial charge in [0.25, 0.3) is 0 Å². The predicted molar refractivity (Wildman–Crippen MR) is 121 cm³/mol. The number of nitrogens with zero attached hydrogens (tertiary/aromatic N) is 1. The van der Waals surface area contributed by atoms with Crippen molar-refractivity contribution in [3.05, 3.63) is 99.5 Å². The molecule has 0 bridgehead atoms. The average molecular weight is 508 g/mol. The molecule has 0 saturated heterocycles. The van der Waals surface area contributed by atoms with Crippen molar-refractivity contribution in [3.8, 4) is 0 Å². The van der Waals surface area contributed by atoms with Crippen LogP contribution in [0.5, 0.6) is 0 Å². The maximum absolute atomic E-state index is 13.2. The molecule has 3 aromatic rings. The van der Waals surface area contributed by atoms with E-state index in [0.717, 1.165) is 15.6 Å². The number of amides is 1. The van der Waals surface area contributed by atoms with Gasteiger partial charge in [0.2, 0.25) is 15.9 Å². The van der Waals surface area contributed by atoms with E-state index in [-0.39, 0.29) is 24.5 Å². The van der Waals surface area contributed by atoms with Crippen molar-refractivity contribution in [2.24, 2.45) is 0 Å². The molecule has 0 aliphatic heterocycles. The first-order chi connectivity index (χ1) is 14.4. The number of carbonyl (C=O) groups is 1. The molecule has 0 atom stereocenters. The summed E-state index contributed by atoms with van der Waals surface area (Å²) in [6.45, 7) is -0.0161. The summed E-state index contributed by atoms with van der Waals surface area (Å²) in [5.41, 5.74) is 1.54. The predicted octanol–water partition coefficient (Wildman–Crippen LogP) is 4.61. The summed E-state index contributed by atoms with van der Waals surface area (Å²) < 4.78 is 28.4. The molecule has 1 N–H and O–H groups in total. The Balaban J connectivity index is 1.79. The van der Waals surface area contributed by atoms with Crippen LogP contribution < -0.4 is 5.32 Å². The summed E-state index contributed by atoms with van der Waals surface area (Å²) in [4.78, 5) is 12.7. The lowest BCUT2D eigenvalue weighted by molar-refractivity contribution is -0.121. The number of nitrogens with one attached hydrogen (secondary N) is 1. The maximum atomic E-state index is 13.2. The molecule has 8 heteroatoms.